The Kier molecular flexibility index (Phi) is 4.64. The van der Waals surface area contributed by atoms with Gasteiger partial charge in [-0.25, -0.2) is 14.2 Å². The summed E-state index contributed by atoms with van der Waals surface area (Å²) >= 11 is 6.67. The number of carbonyl (C=O) groups excluding carboxylic acids is 1. The molecule has 0 unspecified atom stereocenters. The quantitative estimate of drug-likeness (QED) is 0.502. The molecule has 0 atom stereocenters. The molecule has 0 radical (unpaired) electrons. The third-order valence-corrected chi connectivity index (χ3v) is 4.13. The lowest BCUT2D eigenvalue weighted by Crippen LogP contribution is -2.21. The first-order valence-corrected chi connectivity index (χ1v) is 8.08. The van der Waals surface area contributed by atoms with E-state index in [1.807, 2.05) is 0 Å². The number of hydrogen-bond acceptors (Lipinski definition) is 8. The molecule has 0 aromatic carbocycles. The van der Waals surface area contributed by atoms with Crippen LogP contribution in [0.3, 0.4) is 0 Å². The van der Waals surface area contributed by atoms with Crippen LogP contribution >= 0.6 is 23.1 Å². The van der Waals surface area contributed by atoms with Crippen molar-refractivity contribution in [2.45, 2.75) is 6.92 Å². The standard InChI is InChI=1S/C14H10ClFN4O4S/c1-3-24-12(22)7-5-20(14-18-13(23-2)19-25-14)11-6(9(7)21)4-8(16)10(15)17-11/h4-5H,3H2,1-2H3. The molecule has 0 fully saturated rings. The molecule has 0 saturated heterocycles. The van der Waals surface area contributed by atoms with Gasteiger partial charge in [0.2, 0.25) is 10.6 Å². The van der Waals surface area contributed by atoms with Crippen LogP contribution in [0, 0.1) is 5.82 Å². The van der Waals surface area contributed by atoms with Crippen molar-refractivity contribution in [1.82, 2.24) is 18.9 Å². The van der Waals surface area contributed by atoms with Gasteiger partial charge in [0, 0.05) is 17.7 Å². The van der Waals surface area contributed by atoms with E-state index in [4.69, 9.17) is 21.1 Å². The van der Waals surface area contributed by atoms with Crippen molar-refractivity contribution in [3.05, 3.63) is 39.0 Å². The molecule has 0 aliphatic heterocycles. The minimum absolute atomic E-state index is 0.0308. The van der Waals surface area contributed by atoms with E-state index >= 15 is 0 Å². The predicted octanol–water partition coefficient (Wildman–Crippen LogP) is 2.21. The predicted molar refractivity (Wildman–Crippen MR) is 88.3 cm³/mol. The molecule has 0 saturated carbocycles. The van der Waals surface area contributed by atoms with Crippen LogP contribution in [-0.4, -0.2) is 38.6 Å². The van der Waals surface area contributed by atoms with Gasteiger partial charge in [-0.05, 0) is 13.0 Å². The van der Waals surface area contributed by atoms with E-state index < -0.39 is 22.4 Å². The minimum atomic E-state index is -0.881. The summed E-state index contributed by atoms with van der Waals surface area (Å²) in [6.07, 6.45) is 1.21. The molecule has 0 N–H and O–H groups in total. The second-order valence-electron chi connectivity index (χ2n) is 4.66. The highest BCUT2D eigenvalue weighted by atomic mass is 35.5. The van der Waals surface area contributed by atoms with E-state index in [9.17, 15) is 14.0 Å². The maximum absolute atomic E-state index is 13.8. The average molecular weight is 385 g/mol. The molecule has 0 bridgehead atoms. The number of fused-ring (bicyclic) bond motifs is 1. The molecule has 0 aliphatic carbocycles. The highest BCUT2D eigenvalue weighted by Gasteiger charge is 2.21. The molecule has 0 aliphatic rings. The van der Waals surface area contributed by atoms with Crippen LogP contribution in [-0.2, 0) is 4.74 Å². The van der Waals surface area contributed by atoms with E-state index in [0.717, 1.165) is 17.6 Å². The van der Waals surface area contributed by atoms with Gasteiger partial charge in [-0.15, -0.1) is 4.37 Å². The Balaban J connectivity index is 2.36. The third kappa shape index (κ3) is 3.05. The monoisotopic (exact) mass is 384 g/mol. The zero-order valence-corrected chi connectivity index (χ0v) is 14.5. The Bertz CT molecular complexity index is 1040. The van der Waals surface area contributed by atoms with Gasteiger partial charge in [-0.3, -0.25) is 9.36 Å². The number of nitrogens with zero attached hydrogens (tertiary/aromatic N) is 4. The molecule has 130 valence electrons. The second kappa shape index (κ2) is 6.73. The first kappa shape index (κ1) is 17.2. The van der Waals surface area contributed by atoms with Crippen molar-refractivity contribution in [2.24, 2.45) is 0 Å². The highest BCUT2D eigenvalue weighted by Crippen LogP contribution is 2.23. The van der Waals surface area contributed by atoms with Crippen molar-refractivity contribution in [3.8, 4) is 11.1 Å². The van der Waals surface area contributed by atoms with Gasteiger partial charge in [-0.2, -0.15) is 4.98 Å². The number of hydrogen-bond donors (Lipinski definition) is 0. The Morgan fingerprint density at radius 1 is 1.44 bits per heavy atom. The summed E-state index contributed by atoms with van der Waals surface area (Å²) in [7, 11) is 1.39. The summed E-state index contributed by atoms with van der Waals surface area (Å²) in [6, 6.07) is 1.02. The molecule has 3 aromatic rings. The van der Waals surface area contributed by atoms with Gasteiger partial charge >= 0.3 is 12.0 Å². The fourth-order valence-corrected chi connectivity index (χ4v) is 2.84. The fraction of sp³-hybridized carbons (Fsp3) is 0.214. The van der Waals surface area contributed by atoms with Gasteiger partial charge in [-0.1, -0.05) is 11.6 Å². The lowest BCUT2D eigenvalue weighted by atomic mass is 10.2. The maximum Gasteiger partial charge on any atom is 0.343 e. The van der Waals surface area contributed by atoms with Crippen LogP contribution in [0.4, 0.5) is 4.39 Å². The maximum atomic E-state index is 13.8. The summed E-state index contributed by atoms with van der Waals surface area (Å²) in [6.45, 7) is 1.68. The number of esters is 1. The summed E-state index contributed by atoms with van der Waals surface area (Å²) in [5, 5.41) is -0.301. The highest BCUT2D eigenvalue weighted by molar-refractivity contribution is 7.08. The Morgan fingerprint density at radius 3 is 2.84 bits per heavy atom. The van der Waals surface area contributed by atoms with Gasteiger partial charge in [0.15, 0.2) is 16.6 Å². The van der Waals surface area contributed by atoms with Gasteiger partial charge in [0.25, 0.3) is 0 Å². The molecule has 0 spiro atoms. The Hall–Kier alpha value is -2.59. The summed E-state index contributed by atoms with van der Waals surface area (Å²) in [5.41, 5.74) is -0.973. The molecule has 3 rings (SSSR count). The molecule has 3 heterocycles. The topological polar surface area (TPSA) is 96.2 Å². The first-order valence-electron chi connectivity index (χ1n) is 6.92. The molecule has 8 nitrogen and oxygen atoms in total. The molecule has 11 heteroatoms. The van der Waals surface area contributed by atoms with Gasteiger partial charge in [0.05, 0.1) is 19.1 Å². The van der Waals surface area contributed by atoms with Gasteiger partial charge in [0.1, 0.15) is 5.56 Å². The number of aromatic nitrogens is 4. The van der Waals surface area contributed by atoms with Crippen LogP contribution in [0.1, 0.15) is 17.3 Å². The minimum Gasteiger partial charge on any atom is -0.466 e. The van der Waals surface area contributed by atoms with Crippen molar-refractivity contribution in [3.63, 3.8) is 0 Å². The second-order valence-corrected chi connectivity index (χ2v) is 5.75. The molecular weight excluding hydrogens is 375 g/mol. The zero-order valence-electron chi connectivity index (χ0n) is 12.9. The van der Waals surface area contributed by atoms with Crippen LogP contribution in [0.15, 0.2) is 17.1 Å². The Labute approximate surface area is 149 Å². The number of carbonyl (C=O) groups is 1. The largest absolute Gasteiger partial charge is 0.466 e. The van der Waals surface area contributed by atoms with E-state index in [0.29, 0.717) is 0 Å². The summed E-state index contributed by atoms with van der Waals surface area (Å²) < 4.78 is 28.9. The van der Waals surface area contributed by atoms with Gasteiger partial charge < -0.3 is 9.47 Å². The fourth-order valence-electron chi connectivity index (χ4n) is 2.09. The SMILES string of the molecule is CCOC(=O)c1cn(-c2nc(OC)ns2)c2nc(Cl)c(F)cc2c1=O. The lowest BCUT2D eigenvalue weighted by molar-refractivity contribution is 0.0524. The number of rotatable bonds is 4. The van der Waals surface area contributed by atoms with E-state index in [2.05, 4.69) is 14.3 Å². The van der Waals surface area contributed by atoms with Crippen molar-refractivity contribution in [1.29, 1.82) is 0 Å². The summed E-state index contributed by atoms with van der Waals surface area (Å²) in [4.78, 5) is 32.6. The molecule has 25 heavy (non-hydrogen) atoms. The number of ether oxygens (including phenoxy) is 2. The normalized spacial score (nSPS) is 10.9. The number of pyridine rings is 2. The zero-order chi connectivity index (χ0) is 18.1. The van der Waals surface area contributed by atoms with Crippen LogP contribution in [0.25, 0.3) is 16.2 Å². The summed E-state index contributed by atoms with van der Waals surface area (Å²) in [5.74, 6) is -1.72. The van der Waals surface area contributed by atoms with Crippen molar-refractivity contribution >= 4 is 40.1 Å². The Morgan fingerprint density at radius 2 is 2.20 bits per heavy atom. The smallest absolute Gasteiger partial charge is 0.343 e. The first-order chi connectivity index (χ1) is 12.0. The number of methoxy groups -OCH3 is 1. The lowest BCUT2D eigenvalue weighted by Gasteiger charge is -2.10. The third-order valence-electron chi connectivity index (χ3n) is 3.17. The van der Waals surface area contributed by atoms with Crippen molar-refractivity contribution < 1.29 is 18.7 Å². The van der Waals surface area contributed by atoms with Crippen LogP contribution in [0.5, 0.6) is 6.01 Å². The van der Waals surface area contributed by atoms with Crippen LogP contribution in [0.2, 0.25) is 5.15 Å². The van der Waals surface area contributed by atoms with E-state index in [1.165, 1.54) is 17.9 Å². The molecule has 0 amide bonds. The van der Waals surface area contributed by atoms with Crippen molar-refractivity contribution in [2.75, 3.05) is 13.7 Å². The average Bonchev–Trinajstić information content (AvgIpc) is 3.06. The molecular formula is C14H10ClFN4O4S. The molecule has 3 aromatic heterocycles. The number of halogens is 2. The van der Waals surface area contributed by atoms with E-state index in [-0.39, 0.29) is 34.3 Å². The van der Waals surface area contributed by atoms with Crippen LogP contribution < -0.4 is 10.2 Å². The van der Waals surface area contributed by atoms with E-state index in [1.54, 1.807) is 6.92 Å².